The number of rotatable bonds is 8. The minimum absolute atomic E-state index is 0.0662. The van der Waals surface area contributed by atoms with Crippen molar-refractivity contribution in [3.05, 3.63) is 41.4 Å². The van der Waals surface area contributed by atoms with E-state index < -0.39 is 29.6 Å². The lowest BCUT2D eigenvalue weighted by atomic mass is 9.73. The van der Waals surface area contributed by atoms with Gasteiger partial charge in [-0.25, -0.2) is 0 Å². The Hall–Kier alpha value is -2.42. The van der Waals surface area contributed by atoms with E-state index in [0.29, 0.717) is 29.1 Å². The number of anilines is 1. The van der Waals surface area contributed by atoms with Crippen molar-refractivity contribution < 1.29 is 19.1 Å². The van der Waals surface area contributed by atoms with E-state index in [9.17, 15) is 14.4 Å². The van der Waals surface area contributed by atoms with Gasteiger partial charge in [0.1, 0.15) is 11.6 Å². The molecule has 1 saturated carbocycles. The zero-order valence-corrected chi connectivity index (χ0v) is 24.9. The van der Waals surface area contributed by atoms with Gasteiger partial charge in [0.2, 0.25) is 17.7 Å². The molecule has 0 unspecified atom stereocenters. The highest BCUT2D eigenvalue weighted by atomic mass is 35.5. The van der Waals surface area contributed by atoms with Gasteiger partial charge in [-0.3, -0.25) is 14.4 Å². The summed E-state index contributed by atoms with van der Waals surface area (Å²) in [5.41, 5.74) is -0.571. The van der Waals surface area contributed by atoms with Gasteiger partial charge in [0.05, 0.1) is 17.9 Å². The maximum atomic E-state index is 14.2. The molecular formula is C32H43ClN4O4. The maximum absolute atomic E-state index is 14.2. The van der Waals surface area contributed by atoms with Crippen LogP contribution in [0.4, 0.5) is 5.69 Å². The van der Waals surface area contributed by atoms with E-state index in [4.69, 9.17) is 16.3 Å². The number of halogens is 1. The fraction of sp³-hybridized carbons (Fsp3) is 0.656. The summed E-state index contributed by atoms with van der Waals surface area (Å²) in [7, 11) is 0. The van der Waals surface area contributed by atoms with Crippen LogP contribution in [0.25, 0.3) is 0 Å². The highest BCUT2D eigenvalue weighted by molar-refractivity contribution is 6.30. The van der Waals surface area contributed by atoms with E-state index in [2.05, 4.69) is 29.4 Å². The van der Waals surface area contributed by atoms with Crippen LogP contribution < -0.4 is 10.6 Å². The van der Waals surface area contributed by atoms with Crippen LogP contribution in [-0.2, 0) is 19.1 Å². The fourth-order valence-corrected chi connectivity index (χ4v) is 8.18. The number of benzene rings is 1. The molecule has 2 N–H and O–H groups in total. The van der Waals surface area contributed by atoms with E-state index in [1.54, 1.807) is 29.2 Å². The van der Waals surface area contributed by atoms with Crippen LogP contribution in [0.2, 0.25) is 5.02 Å². The molecule has 4 heterocycles. The Kier molecular flexibility index (Phi) is 8.18. The molecule has 1 aromatic carbocycles. The largest absolute Gasteiger partial charge is 0.359 e. The second-order valence-corrected chi connectivity index (χ2v) is 13.3. The normalized spacial score (nSPS) is 36.4. The number of carbonyl (C=O) groups excluding carboxylic acids is 3. The van der Waals surface area contributed by atoms with Gasteiger partial charge >= 0.3 is 0 Å². The number of amides is 3. The molecular weight excluding hydrogens is 540 g/mol. The number of likely N-dealkylation sites (tertiary alicyclic amines) is 2. The second-order valence-electron chi connectivity index (χ2n) is 12.9. The first-order chi connectivity index (χ1) is 19.8. The summed E-state index contributed by atoms with van der Waals surface area (Å²) in [4.78, 5) is 46.2. The number of nitrogens with zero attached hydrogens (tertiary/aromatic N) is 2. The number of piperidine rings is 1. The number of fused-ring (bicyclic) bond motifs is 1. The van der Waals surface area contributed by atoms with Crippen LogP contribution in [0, 0.1) is 23.7 Å². The SMILES string of the molecule is C[C@H]1[C@H](C)CCC[C@@H]1NC(=O)[C@@H]1N(CCCN2CCCCC2)C(=O)[C@@H]2[C@@H](C(=O)Nc3cccc(Cl)c3)[C@@H]3C=C[C@]21O3. The lowest BCUT2D eigenvalue weighted by Crippen LogP contribution is -2.58. The standard InChI is InChI=1S/C32H43ClN4O4/c1-20-9-6-12-24(21(20)2)35-30(39)28-32-14-13-25(41-32)26(29(38)34-23-11-7-10-22(33)19-23)27(32)31(40)37(28)18-8-17-36-15-4-3-5-16-36/h7,10-11,13-14,19-21,24-28H,3-6,8-9,12,15-18H2,1-2H3,(H,34,38)(H,35,39)/t20-,21+,24+,25+,26+,27+,28+,32+/m1/s1. The Balaban J connectivity index is 1.25. The van der Waals surface area contributed by atoms with Crippen LogP contribution >= 0.6 is 11.6 Å². The summed E-state index contributed by atoms with van der Waals surface area (Å²) in [5, 5.41) is 6.80. The predicted molar refractivity (Wildman–Crippen MR) is 158 cm³/mol. The Labute approximate surface area is 248 Å². The highest BCUT2D eigenvalue weighted by Gasteiger charge is 2.72. The lowest BCUT2D eigenvalue weighted by Gasteiger charge is -2.38. The van der Waals surface area contributed by atoms with Crippen molar-refractivity contribution in [1.82, 2.24) is 15.1 Å². The molecule has 4 aliphatic heterocycles. The molecule has 3 amide bonds. The molecule has 222 valence electrons. The fourth-order valence-electron chi connectivity index (χ4n) is 7.99. The van der Waals surface area contributed by atoms with Gasteiger partial charge in [0.15, 0.2) is 0 Å². The van der Waals surface area contributed by atoms with Crippen molar-refractivity contribution in [3.8, 4) is 0 Å². The first-order valence-corrected chi connectivity index (χ1v) is 15.9. The minimum atomic E-state index is -1.14. The number of carbonyl (C=O) groups is 3. The van der Waals surface area contributed by atoms with Gasteiger partial charge in [-0.1, -0.05) is 62.9 Å². The molecule has 4 fully saturated rings. The third kappa shape index (κ3) is 5.32. The van der Waals surface area contributed by atoms with E-state index >= 15 is 0 Å². The van der Waals surface area contributed by atoms with Gasteiger partial charge in [-0.15, -0.1) is 0 Å². The molecule has 1 aromatic rings. The molecule has 9 heteroatoms. The number of hydrogen-bond acceptors (Lipinski definition) is 5. The van der Waals surface area contributed by atoms with Crippen molar-refractivity contribution in [2.24, 2.45) is 23.7 Å². The van der Waals surface area contributed by atoms with Crippen molar-refractivity contribution in [1.29, 1.82) is 0 Å². The predicted octanol–water partition coefficient (Wildman–Crippen LogP) is 4.25. The molecule has 0 radical (unpaired) electrons. The number of nitrogens with one attached hydrogen (secondary N) is 2. The van der Waals surface area contributed by atoms with Gasteiger partial charge in [0.25, 0.3) is 0 Å². The summed E-state index contributed by atoms with van der Waals surface area (Å²) >= 11 is 6.14. The first-order valence-electron chi connectivity index (χ1n) is 15.6. The number of hydrogen-bond donors (Lipinski definition) is 2. The maximum Gasteiger partial charge on any atom is 0.246 e. The molecule has 0 aromatic heterocycles. The molecule has 1 spiro atoms. The smallest absolute Gasteiger partial charge is 0.246 e. The topological polar surface area (TPSA) is 91.0 Å². The van der Waals surface area contributed by atoms with Crippen LogP contribution in [-0.4, -0.2) is 77.5 Å². The summed E-state index contributed by atoms with van der Waals surface area (Å²) < 4.78 is 6.52. The summed E-state index contributed by atoms with van der Waals surface area (Å²) in [6, 6.07) is 6.25. The van der Waals surface area contributed by atoms with Crippen LogP contribution in [0.5, 0.6) is 0 Å². The third-order valence-electron chi connectivity index (χ3n) is 10.4. The molecule has 8 nitrogen and oxygen atoms in total. The van der Waals surface area contributed by atoms with Crippen molar-refractivity contribution in [2.45, 2.75) is 82.6 Å². The lowest BCUT2D eigenvalue weighted by molar-refractivity contribution is -0.141. The van der Waals surface area contributed by atoms with Gasteiger partial charge in [-0.2, -0.15) is 0 Å². The average Bonchev–Trinajstić information content (AvgIpc) is 3.59. The summed E-state index contributed by atoms with van der Waals surface area (Å²) in [6.45, 7) is 7.98. The minimum Gasteiger partial charge on any atom is -0.359 e. The Bertz CT molecular complexity index is 1200. The quantitative estimate of drug-likeness (QED) is 0.447. The average molecular weight is 583 g/mol. The van der Waals surface area contributed by atoms with Crippen LogP contribution in [0.15, 0.2) is 36.4 Å². The first kappa shape index (κ1) is 28.7. The Morgan fingerprint density at radius 1 is 1.07 bits per heavy atom. The van der Waals surface area contributed by atoms with Crippen molar-refractivity contribution in [2.75, 3.05) is 31.5 Å². The van der Waals surface area contributed by atoms with Crippen LogP contribution in [0.3, 0.4) is 0 Å². The summed E-state index contributed by atoms with van der Waals surface area (Å²) in [5.74, 6) is -1.18. The summed E-state index contributed by atoms with van der Waals surface area (Å²) in [6.07, 6.45) is 10.9. The van der Waals surface area contributed by atoms with E-state index in [1.807, 2.05) is 12.2 Å². The Morgan fingerprint density at radius 2 is 1.88 bits per heavy atom. The molecule has 5 aliphatic rings. The zero-order valence-electron chi connectivity index (χ0n) is 24.2. The van der Waals surface area contributed by atoms with E-state index in [0.717, 1.165) is 38.9 Å². The monoisotopic (exact) mass is 582 g/mol. The zero-order chi connectivity index (χ0) is 28.7. The molecule has 3 saturated heterocycles. The number of ether oxygens (including phenoxy) is 1. The molecule has 2 bridgehead atoms. The third-order valence-corrected chi connectivity index (χ3v) is 10.6. The van der Waals surface area contributed by atoms with E-state index in [-0.39, 0.29) is 23.8 Å². The van der Waals surface area contributed by atoms with Crippen molar-refractivity contribution >= 4 is 35.0 Å². The molecule has 1 aliphatic carbocycles. The van der Waals surface area contributed by atoms with Gasteiger partial charge in [0, 0.05) is 23.3 Å². The molecule has 8 atom stereocenters. The Morgan fingerprint density at radius 3 is 2.66 bits per heavy atom. The molecule has 41 heavy (non-hydrogen) atoms. The second kappa shape index (κ2) is 11.7. The molecule has 6 rings (SSSR count). The van der Waals surface area contributed by atoms with Crippen molar-refractivity contribution in [3.63, 3.8) is 0 Å². The van der Waals surface area contributed by atoms with Crippen LogP contribution in [0.1, 0.15) is 58.8 Å². The van der Waals surface area contributed by atoms with Gasteiger partial charge < -0.3 is 25.2 Å². The van der Waals surface area contributed by atoms with Gasteiger partial charge in [-0.05, 0) is 75.4 Å². The van der Waals surface area contributed by atoms with E-state index in [1.165, 1.54) is 25.7 Å². The highest BCUT2D eigenvalue weighted by Crippen LogP contribution is 2.55.